The van der Waals surface area contributed by atoms with Crippen molar-refractivity contribution in [1.82, 2.24) is 10.4 Å². The highest BCUT2D eigenvalue weighted by molar-refractivity contribution is 7.99. The third-order valence-electron chi connectivity index (χ3n) is 3.60. The molecule has 1 aliphatic rings. The summed E-state index contributed by atoms with van der Waals surface area (Å²) in [5.41, 5.74) is 6.11. The van der Waals surface area contributed by atoms with Crippen LogP contribution in [0.4, 0.5) is 0 Å². The van der Waals surface area contributed by atoms with Gasteiger partial charge in [0.15, 0.2) is 0 Å². The monoisotopic (exact) mass is 289 g/mol. The number of hydrogen-bond donors (Lipinski definition) is 2. The Hall–Kier alpha value is -1.14. The number of nitrogens with one attached hydrogen (secondary N) is 1. The van der Waals surface area contributed by atoms with Crippen LogP contribution in [0, 0.1) is 6.92 Å². The third-order valence-corrected chi connectivity index (χ3v) is 4.62. The quantitative estimate of drug-likeness (QED) is 0.670. The van der Waals surface area contributed by atoms with Crippen molar-refractivity contribution in [3.8, 4) is 0 Å². The van der Waals surface area contributed by atoms with Crippen molar-refractivity contribution >= 4 is 22.7 Å². The highest BCUT2D eigenvalue weighted by atomic mass is 32.2. The standard InChI is InChI=1S/C15H19N3OS/c1-10-2-3-11-8-12(4-5-13(11)17-10)15(18-16)14-9-20-7-6-19-14/h2-5,8,14-15,18H,6-7,9,16H2,1H3. The Morgan fingerprint density at radius 3 is 3.05 bits per heavy atom. The lowest BCUT2D eigenvalue weighted by Crippen LogP contribution is -2.41. The van der Waals surface area contributed by atoms with Gasteiger partial charge in [-0.2, -0.15) is 11.8 Å². The second kappa shape index (κ2) is 6.10. The first-order valence-corrected chi connectivity index (χ1v) is 7.96. The molecule has 1 saturated heterocycles. The third kappa shape index (κ3) is 2.81. The van der Waals surface area contributed by atoms with E-state index in [1.165, 1.54) is 0 Å². The summed E-state index contributed by atoms with van der Waals surface area (Å²) in [6, 6.07) is 10.4. The first-order chi connectivity index (χ1) is 9.78. The molecule has 2 atom stereocenters. The lowest BCUT2D eigenvalue weighted by Gasteiger charge is -2.30. The summed E-state index contributed by atoms with van der Waals surface area (Å²) < 4.78 is 5.84. The molecule has 20 heavy (non-hydrogen) atoms. The number of hydrogen-bond acceptors (Lipinski definition) is 5. The molecule has 0 amide bonds. The minimum Gasteiger partial charge on any atom is -0.374 e. The van der Waals surface area contributed by atoms with Crippen molar-refractivity contribution in [2.45, 2.75) is 19.1 Å². The number of benzene rings is 1. The first-order valence-electron chi connectivity index (χ1n) is 6.81. The van der Waals surface area contributed by atoms with Crippen molar-refractivity contribution in [1.29, 1.82) is 0 Å². The largest absolute Gasteiger partial charge is 0.374 e. The van der Waals surface area contributed by atoms with Crippen molar-refractivity contribution in [3.63, 3.8) is 0 Å². The van der Waals surface area contributed by atoms with Gasteiger partial charge in [-0.1, -0.05) is 12.1 Å². The number of aromatic nitrogens is 1. The Balaban J connectivity index is 1.92. The van der Waals surface area contributed by atoms with Gasteiger partial charge < -0.3 is 4.74 Å². The molecule has 1 aromatic carbocycles. The highest BCUT2D eigenvalue weighted by Gasteiger charge is 2.25. The van der Waals surface area contributed by atoms with E-state index in [0.29, 0.717) is 0 Å². The molecular weight excluding hydrogens is 270 g/mol. The molecule has 3 N–H and O–H groups in total. The lowest BCUT2D eigenvalue weighted by molar-refractivity contribution is 0.0468. The average molecular weight is 289 g/mol. The van der Waals surface area contributed by atoms with E-state index >= 15 is 0 Å². The van der Waals surface area contributed by atoms with E-state index in [-0.39, 0.29) is 12.1 Å². The summed E-state index contributed by atoms with van der Waals surface area (Å²) in [5, 5.41) is 1.14. The molecular formula is C15H19N3OS. The number of hydrazine groups is 1. The van der Waals surface area contributed by atoms with Crippen LogP contribution in [0.5, 0.6) is 0 Å². The van der Waals surface area contributed by atoms with Crippen LogP contribution >= 0.6 is 11.8 Å². The smallest absolute Gasteiger partial charge is 0.0873 e. The molecule has 0 bridgehead atoms. The normalized spacial score (nSPS) is 21.0. The molecule has 5 heteroatoms. The van der Waals surface area contributed by atoms with E-state index in [4.69, 9.17) is 10.6 Å². The van der Waals surface area contributed by atoms with Gasteiger partial charge in [-0.25, -0.2) is 0 Å². The van der Waals surface area contributed by atoms with Crippen molar-refractivity contribution in [2.75, 3.05) is 18.1 Å². The molecule has 4 nitrogen and oxygen atoms in total. The fourth-order valence-electron chi connectivity index (χ4n) is 2.56. The predicted molar refractivity (Wildman–Crippen MR) is 83.6 cm³/mol. The SMILES string of the molecule is Cc1ccc2cc(C(NN)C3CSCCO3)ccc2n1. The number of ether oxygens (including phenoxy) is 1. The Morgan fingerprint density at radius 1 is 1.40 bits per heavy atom. The number of fused-ring (bicyclic) bond motifs is 1. The van der Waals surface area contributed by atoms with Crippen LogP contribution in [0.2, 0.25) is 0 Å². The van der Waals surface area contributed by atoms with Gasteiger partial charge in [0.05, 0.1) is 24.3 Å². The molecule has 2 heterocycles. The van der Waals surface area contributed by atoms with Gasteiger partial charge in [-0.05, 0) is 30.7 Å². The van der Waals surface area contributed by atoms with Crippen molar-refractivity contribution in [2.24, 2.45) is 5.84 Å². The summed E-state index contributed by atoms with van der Waals surface area (Å²) in [6.07, 6.45) is 0.120. The van der Waals surface area contributed by atoms with Crippen LogP contribution in [0.25, 0.3) is 10.9 Å². The number of nitrogens with two attached hydrogens (primary N) is 1. The zero-order valence-electron chi connectivity index (χ0n) is 11.5. The zero-order valence-corrected chi connectivity index (χ0v) is 12.3. The fraction of sp³-hybridized carbons (Fsp3) is 0.400. The minimum atomic E-state index is 0.0218. The van der Waals surface area contributed by atoms with Gasteiger partial charge in [-0.3, -0.25) is 16.3 Å². The van der Waals surface area contributed by atoms with Crippen LogP contribution in [-0.4, -0.2) is 29.2 Å². The molecule has 0 spiro atoms. The van der Waals surface area contributed by atoms with Gasteiger partial charge in [0.1, 0.15) is 0 Å². The maximum absolute atomic E-state index is 5.84. The van der Waals surface area contributed by atoms with E-state index in [0.717, 1.165) is 40.3 Å². The molecule has 0 aliphatic carbocycles. The van der Waals surface area contributed by atoms with Gasteiger partial charge in [0.25, 0.3) is 0 Å². The summed E-state index contributed by atoms with van der Waals surface area (Å²) in [6.45, 7) is 2.80. The summed E-state index contributed by atoms with van der Waals surface area (Å²) >= 11 is 1.91. The molecule has 1 aliphatic heterocycles. The molecule has 1 fully saturated rings. The van der Waals surface area contributed by atoms with Crippen LogP contribution in [0.15, 0.2) is 30.3 Å². The topological polar surface area (TPSA) is 60.2 Å². The van der Waals surface area contributed by atoms with Crippen LogP contribution in [-0.2, 0) is 4.74 Å². The second-order valence-electron chi connectivity index (χ2n) is 5.03. The van der Waals surface area contributed by atoms with E-state index < -0.39 is 0 Å². The van der Waals surface area contributed by atoms with Crippen molar-refractivity contribution < 1.29 is 4.74 Å². The van der Waals surface area contributed by atoms with E-state index in [9.17, 15) is 0 Å². The second-order valence-corrected chi connectivity index (χ2v) is 6.18. The summed E-state index contributed by atoms with van der Waals surface area (Å²) in [5.74, 6) is 7.78. The molecule has 2 aromatic rings. The Kier molecular flexibility index (Phi) is 4.21. The van der Waals surface area contributed by atoms with Gasteiger partial charge in [0, 0.05) is 22.6 Å². The maximum Gasteiger partial charge on any atom is 0.0873 e. The van der Waals surface area contributed by atoms with E-state index in [1.807, 2.05) is 24.8 Å². The first kappa shape index (κ1) is 13.8. The number of aryl methyl sites for hydroxylation is 1. The van der Waals surface area contributed by atoms with Crippen LogP contribution < -0.4 is 11.3 Å². The lowest BCUT2D eigenvalue weighted by atomic mass is 10.0. The number of rotatable bonds is 3. The molecule has 106 valence electrons. The van der Waals surface area contributed by atoms with E-state index in [1.54, 1.807) is 0 Å². The number of pyridine rings is 1. The maximum atomic E-state index is 5.84. The Morgan fingerprint density at radius 2 is 2.30 bits per heavy atom. The van der Waals surface area contributed by atoms with Gasteiger partial charge in [0.2, 0.25) is 0 Å². The summed E-state index contributed by atoms with van der Waals surface area (Å²) in [7, 11) is 0. The Labute approximate surface area is 123 Å². The van der Waals surface area contributed by atoms with Crippen molar-refractivity contribution in [3.05, 3.63) is 41.6 Å². The number of nitrogens with zero attached hydrogens (tertiary/aromatic N) is 1. The Bertz CT molecular complexity index is 599. The molecule has 1 aromatic heterocycles. The molecule has 0 radical (unpaired) electrons. The summed E-state index contributed by atoms with van der Waals surface area (Å²) in [4.78, 5) is 4.53. The number of thioether (sulfide) groups is 1. The molecule has 0 saturated carbocycles. The van der Waals surface area contributed by atoms with Gasteiger partial charge >= 0.3 is 0 Å². The average Bonchev–Trinajstić information content (AvgIpc) is 2.49. The predicted octanol–water partition coefficient (Wildman–Crippen LogP) is 2.18. The zero-order chi connectivity index (χ0) is 13.9. The molecule has 2 unspecified atom stereocenters. The minimum absolute atomic E-state index is 0.0218. The highest BCUT2D eigenvalue weighted by Crippen LogP contribution is 2.27. The van der Waals surface area contributed by atoms with Crippen LogP contribution in [0.1, 0.15) is 17.3 Å². The van der Waals surface area contributed by atoms with Crippen LogP contribution in [0.3, 0.4) is 0 Å². The molecule has 3 rings (SSSR count). The van der Waals surface area contributed by atoms with E-state index in [2.05, 4.69) is 34.7 Å². The fourth-order valence-corrected chi connectivity index (χ4v) is 3.46. The van der Waals surface area contributed by atoms with Gasteiger partial charge in [-0.15, -0.1) is 0 Å².